The average molecular weight is 296 g/mol. The zero-order valence-corrected chi connectivity index (χ0v) is 12.6. The van der Waals surface area contributed by atoms with Crippen molar-refractivity contribution in [2.75, 3.05) is 5.32 Å². The normalized spacial score (nSPS) is 10.7. The SMILES string of the molecule is CCCc1ccc(NC(=O)c2ccc3ncsc3c2)cc1. The Morgan fingerprint density at radius 3 is 2.76 bits per heavy atom. The third-order valence-corrected chi connectivity index (χ3v) is 4.14. The Kier molecular flexibility index (Phi) is 3.97. The molecule has 0 aliphatic rings. The second-order valence-electron chi connectivity index (χ2n) is 4.94. The van der Waals surface area contributed by atoms with Crippen LogP contribution < -0.4 is 5.32 Å². The van der Waals surface area contributed by atoms with Crippen molar-refractivity contribution in [3.63, 3.8) is 0 Å². The highest BCUT2D eigenvalue weighted by Gasteiger charge is 2.08. The van der Waals surface area contributed by atoms with Gasteiger partial charge in [0.2, 0.25) is 0 Å². The molecule has 2 aromatic carbocycles. The first-order chi connectivity index (χ1) is 10.3. The average Bonchev–Trinajstić information content (AvgIpc) is 2.97. The summed E-state index contributed by atoms with van der Waals surface area (Å²) < 4.78 is 1.03. The lowest BCUT2D eigenvalue weighted by molar-refractivity contribution is 0.102. The van der Waals surface area contributed by atoms with E-state index in [-0.39, 0.29) is 5.91 Å². The Labute approximate surface area is 127 Å². The first-order valence-corrected chi connectivity index (χ1v) is 7.88. The molecule has 0 saturated carbocycles. The number of aryl methyl sites for hydroxylation is 1. The van der Waals surface area contributed by atoms with E-state index in [0.717, 1.165) is 28.7 Å². The Bertz CT molecular complexity index is 762. The first-order valence-electron chi connectivity index (χ1n) is 7.00. The van der Waals surface area contributed by atoms with E-state index in [9.17, 15) is 4.79 Å². The lowest BCUT2D eigenvalue weighted by Gasteiger charge is -2.06. The first kappa shape index (κ1) is 13.8. The van der Waals surface area contributed by atoms with Crippen molar-refractivity contribution in [2.45, 2.75) is 19.8 Å². The molecule has 0 aliphatic heterocycles. The largest absolute Gasteiger partial charge is 0.322 e. The fraction of sp³-hybridized carbons (Fsp3) is 0.176. The number of thiazole rings is 1. The second-order valence-corrected chi connectivity index (χ2v) is 5.82. The van der Waals surface area contributed by atoms with Crippen molar-refractivity contribution in [2.24, 2.45) is 0 Å². The molecule has 0 saturated heterocycles. The Morgan fingerprint density at radius 2 is 2.00 bits per heavy atom. The van der Waals surface area contributed by atoms with Crippen molar-refractivity contribution in [3.8, 4) is 0 Å². The van der Waals surface area contributed by atoms with Gasteiger partial charge in [-0.1, -0.05) is 25.5 Å². The van der Waals surface area contributed by atoms with Gasteiger partial charge in [0.1, 0.15) is 0 Å². The molecule has 106 valence electrons. The summed E-state index contributed by atoms with van der Waals surface area (Å²) in [5.41, 5.74) is 5.49. The number of carbonyl (C=O) groups excluding carboxylic acids is 1. The van der Waals surface area contributed by atoms with E-state index in [0.29, 0.717) is 5.56 Å². The number of carbonyl (C=O) groups is 1. The molecule has 4 heteroatoms. The molecule has 0 unspecified atom stereocenters. The zero-order chi connectivity index (χ0) is 14.7. The number of amides is 1. The van der Waals surface area contributed by atoms with E-state index in [1.54, 1.807) is 16.8 Å². The van der Waals surface area contributed by atoms with Crippen LogP contribution in [0.4, 0.5) is 5.69 Å². The van der Waals surface area contributed by atoms with Gasteiger partial charge in [-0.15, -0.1) is 11.3 Å². The minimum atomic E-state index is -0.0893. The number of fused-ring (bicyclic) bond motifs is 1. The van der Waals surface area contributed by atoms with Gasteiger partial charge in [-0.3, -0.25) is 4.79 Å². The van der Waals surface area contributed by atoms with Gasteiger partial charge in [0, 0.05) is 11.3 Å². The van der Waals surface area contributed by atoms with Gasteiger partial charge >= 0.3 is 0 Å². The third kappa shape index (κ3) is 3.11. The molecular weight excluding hydrogens is 280 g/mol. The highest BCUT2D eigenvalue weighted by atomic mass is 32.1. The molecule has 21 heavy (non-hydrogen) atoms. The predicted octanol–water partition coefficient (Wildman–Crippen LogP) is 4.50. The summed E-state index contributed by atoms with van der Waals surface area (Å²) in [4.78, 5) is 16.5. The number of rotatable bonds is 4. The second kappa shape index (κ2) is 6.06. The van der Waals surface area contributed by atoms with Crippen LogP contribution in [0.25, 0.3) is 10.2 Å². The van der Waals surface area contributed by atoms with Crippen LogP contribution in [-0.4, -0.2) is 10.9 Å². The third-order valence-electron chi connectivity index (χ3n) is 3.34. The zero-order valence-electron chi connectivity index (χ0n) is 11.8. The van der Waals surface area contributed by atoms with Crippen LogP contribution in [-0.2, 0) is 6.42 Å². The summed E-state index contributed by atoms with van der Waals surface area (Å²) in [6, 6.07) is 13.6. The van der Waals surface area contributed by atoms with E-state index in [2.05, 4.69) is 29.4 Å². The number of aromatic nitrogens is 1. The molecule has 0 bridgehead atoms. The predicted molar refractivity (Wildman–Crippen MR) is 88.0 cm³/mol. The summed E-state index contributed by atoms with van der Waals surface area (Å²) in [6.45, 7) is 2.16. The van der Waals surface area contributed by atoms with E-state index in [1.807, 2.05) is 30.3 Å². The fourth-order valence-electron chi connectivity index (χ4n) is 2.24. The van der Waals surface area contributed by atoms with Crippen LogP contribution in [0.5, 0.6) is 0 Å². The van der Waals surface area contributed by atoms with Crippen LogP contribution in [0.1, 0.15) is 29.3 Å². The molecule has 0 spiro atoms. The standard InChI is InChI=1S/C17H16N2OS/c1-2-3-12-4-7-14(8-5-12)19-17(20)13-6-9-15-16(10-13)21-11-18-15/h4-11H,2-3H2,1H3,(H,19,20). The highest BCUT2D eigenvalue weighted by Crippen LogP contribution is 2.20. The quantitative estimate of drug-likeness (QED) is 0.770. The van der Waals surface area contributed by atoms with Crippen LogP contribution in [0, 0.1) is 0 Å². The number of hydrogen-bond acceptors (Lipinski definition) is 3. The van der Waals surface area contributed by atoms with Gasteiger partial charge in [-0.05, 0) is 42.3 Å². The van der Waals surface area contributed by atoms with E-state index in [4.69, 9.17) is 0 Å². The molecule has 1 aromatic heterocycles. The molecule has 0 atom stereocenters. The van der Waals surface area contributed by atoms with Gasteiger partial charge in [-0.25, -0.2) is 4.98 Å². The number of nitrogens with one attached hydrogen (secondary N) is 1. The molecule has 3 rings (SSSR count). The van der Waals surface area contributed by atoms with Gasteiger partial charge in [-0.2, -0.15) is 0 Å². The molecule has 3 aromatic rings. The van der Waals surface area contributed by atoms with Gasteiger partial charge in [0.15, 0.2) is 0 Å². The maximum Gasteiger partial charge on any atom is 0.255 e. The molecule has 3 nitrogen and oxygen atoms in total. The van der Waals surface area contributed by atoms with Crippen molar-refractivity contribution in [3.05, 3.63) is 59.1 Å². The van der Waals surface area contributed by atoms with Crippen LogP contribution in [0.3, 0.4) is 0 Å². The lowest BCUT2D eigenvalue weighted by atomic mass is 10.1. The number of benzene rings is 2. The molecule has 0 radical (unpaired) electrons. The number of hydrogen-bond donors (Lipinski definition) is 1. The van der Waals surface area contributed by atoms with Crippen molar-refractivity contribution in [1.29, 1.82) is 0 Å². The summed E-state index contributed by atoms with van der Waals surface area (Å²) in [5.74, 6) is -0.0893. The van der Waals surface area contributed by atoms with Crippen molar-refractivity contribution >= 4 is 33.1 Å². The van der Waals surface area contributed by atoms with E-state index < -0.39 is 0 Å². The highest BCUT2D eigenvalue weighted by molar-refractivity contribution is 7.16. The maximum absolute atomic E-state index is 12.3. The topological polar surface area (TPSA) is 42.0 Å². The fourth-order valence-corrected chi connectivity index (χ4v) is 2.96. The van der Waals surface area contributed by atoms with Gasteiger partial charge < -0.3 is 5.32 Å². The monoisotopic (exact) mass is 296 g/mol. The maximum atomic E-state index is 12.3. The van der Waals surface area contributed by atoms with Crippen molar-refractivity contribution < 1.29 is 4.79 Å². The smallest absolute Gasteiger partial charge is 0.255 e. The van der Waals surface area contributed by atoms with Crippen LogP contribution >= 0.6 is 11.3 Å². The molecule has 1 amide bonds. The molecule has 0 fully saturated rings. The molecular formula is C17H16N2OS. The Hall–Kier alpha value is -2.20. The van der Waals surface area contributed by atoms with Gasteiger partial charge in [0.05, 0.1) is 15.7 Å². The van der Waals surface area contributed by atoms with E-state index >= 15 is 0 Å². The Balaban J connectivity index is 1.75. The summed E-state index contributed by atoms with van der Waals surface area (Å²) >= 11 is 1.54. The lowest BCUT2D eigenvalue weighted by Crippen LogP contribution is -2.11. The van der Waals surface area contributed by atoms with Gasteiger partial charge in [0.25, 0.3) is 5.91 Å². The summed E-state index contributed by atoms with van der Waals surface area (Å²) in [6.07, 6.45) is 2.19. The molecule has 1 N–H and O–H groups in total. The van der Waals surface area contributed by atoms with Crippen LogP contribution in [0.2, 0.25) is 0 Å². The number of nitrogens with zero attached hydrogens (tertiary/aromatic N) is 1. The molecule has 0 aliphatic carbocycles. The number of anilines is 1. The van der Waals surface area contributed by atoms with Crippen LogP contribution in [0.15, 0.2) is 48.0 Å². The molecule has 1 heterocycles. The summed E-state index contributed by atoms with van der Waals surface area (Å²) in [5, 5.41) is 2.93. The Morgan fingerprint density at radius 1 is 1.19 bits per heavy atom. The minimum Gasteiger partial charge on any atom is -0.322 e. The minimum absolute atomic E-state index is 0.0893. The van der Waals surface area contributed by atoms with E-state index in [1.165, 1.54) is 5.56 Å². The van der Waals surface area contributed by atoms with Crippen molar-refractivity contribution in [1.82, 2.24) is 4.98 Å². The summed E-state index contributed by atoms with van der Waals surface area (Å²) in [7, 11) is 0.